The van der Waals surface area contributed by atoms with Crippen molar-refractivity contribution in [3.05, 3.63) is 55.1 Å². The summed E-state index contributed by atoms with van der Waals surface area (Å²) < 4.78 is 1.47. The molecule has 2 heterocycles. The van der Waals surface area contributed by atoms with E-state index < -0.39 is 23.4 Å². The van der Waals surface area contributed by atoms with Crippen LogP contribution in [0.1, 0.15) is 22.2 Å². The molecular formula is C15H11Br2N3O3S. The zero-order valence-electron chi connectivity index (χ0n) is 12.3. The third kappa shape index (κ3) is 2.87. The van der Waals surface area contributed by atoms with E-state index >= 15 is 0 Å². The smallest absolute Gasteiger partial charge is 0.318 e. The van der Waals surface area contributed by atoms with Crippen LogP contribution in [-0.4, -0.2) is 22.9 Å². The van der Waals surface area contributed by atoms with Crippen LogP contribution in [0.4, 0.5) is 4.79 Å². The van der Waals surface area contributed by atoms with Crippen molar-refractivity contribution in [1.82, 2.24) is 15.8 Å². The van der Waals surface area contributed by atoms with E-state index in [4.69, 9.17) is 0 Å². The molecule has 0 aliphatic carbocycles. The van der Waals surface area contributed by atoms with Gasteiger partial charge >= 0.3 is 6.03 Å². The van der Waals surface area contributed by atoms with Crippen molar-refractivity contribution in [3.63, 3.8) is 0 Å². The number of carbonyl (C=O) groups is 3. The molecule has 6 nitrogen and oxygen atoms in total. The largest absolute Gasteiger partial charge is 0.344 e. The Morgan fingerprint density at radius 3 is 2.50 bits per heavy atom. The summed E-state index contributed by atoms with van der Waals surface area (Å²) in [6, 6.07) is 9.81. The first kappa shape index (κ1) is 17.1. The van der Waals surface area contributed by atoms with Crippen LogP contribution in [-0.2, 0) is 10.3 Å². The van der Waals surface area contributed by atoms with Gasteiger partial charge < -0.3 is 5.32 Å². The maximum Gasteiger partial charge on any atom is 0.344 e. The van der Waals surface area contributed by atoms with Crippen LogP contribution >= 0.6 is 43.2 Å². The molecule has 1 aromatic carbocycles. The van der Waals surface area contributed by atoms with Gasteiger partial charge in [-0.1, -0.05) is 30.3 Å². The van der Waals surface area contributed by atoms with Crippen molar-refractivity contribution >= 4 is 61.0 Å². The standard InChI is InChI=1S/C15H11Br2N3O3S/c1-15(8-5-3-2-4-6-8)13(22)20(14(23)18-15)19-12(21)10-7-9(16)11(17)24-10/h2-7H,1H3,(H,18,23)(H,19,21). The number of benzene rings is 1. The highest BCUT2D eigenvalue weighted by Gasteiger charge is 2.50. The Bertz CT molecular complexity index is 820. The molecule has 2 aromatic rings. The van der Waals surface area contributed by atoms with Gasteiger partial charge in [-0.15, -0.1) is 11.3 Å². The summed E-state index contributed by atoms with van der Waals surface area (Å²) in [6.07, 6.45) is 0. The van der Waals surface area contributed by atoms with Gasteiger partial charge in [0.15, 0.2) is 0 Å². The molecule has 4 amide bonds. The number of hydrogen-bond acceptors (Lipinski definition) is 4. The molecule has 1 atom stereocenters. The van der Waals surface area contributed by atoms with Crippen LogP contribution in [0.15, 0.2) is 44.7 Å². The van der Waals surface area contributed by atoms with E-state index in [1.165, 1.54) is 11.3 Å². The summed E-state index contributed by atoms with van der Waals surface area (Å²) in [5, 5.41) is 3.35. The Morgan fingerprint density at radius 1 is 1.25 bits per heavy atom. The third-order valence-corrected chi connectivity index (χ3v) is 6.88. The molecule has 1 fully saturated rings. The summed E-state index contributed by atoms with van der Waals surface area (Å²) in [6.45, 7) is 1.60. The van der Waals surface area contributed by atoms with Crippen molar-refractivity contribution in [2.45, 2.75) is 12.5 Å². The lowest BCUT2D eigenvalue weighted by Gasteiger charge is -2.21. The van der Waals surface area contributed by atoms with Crippen molar-refractivity contribution in [1.29, 1.82) is 0 Å². The maximum atomic E-state index is 12.7. The number of nitrogens with zero attached hydrogens (tertiary/aromatic N) is 1. The highest BCUT2D eigenvalue weighted by molar-refractivity contribution is 9.13. The van der Waals surface area contributed by atoms with Crippen LogP contribution in [0.5, 0.6) is 0 Å². The molecule has 1 aliphatic rings. The molecular weight excluding hydrogens is 462 g/mol. The van der Waals surface area contributed by atoms with Crippen molar-refractivity contribution in [3.8, 4) is 0 Å². The van der Waals surface area contributed by atoms with Gasteiger partial charge in [-0.25, -0.2) is 4.79 Å². The van der Waals surface area contributed by atoms with Crippen LogP contribution in [0.25, 0.3) is 0 Å². The normalized spacial score (nSPS) is 20.2. The molecule has 0 radical (unpaired) electrons. The number of nitrogens with one attached hydrogen (secondary N) is 2. The fraction of sp³-hybridized carbons (Fsp3) is 0.133. The number of amides is 4. The summed E-state index contributed by atoms with van der Waals surface area (Å²) in [4.78, 5) is 37.5. The van der Waals surface area contributed by atoms with Crippen molar-refractivity contribution < 1.29 is 14.4 Å². The number of imide groups is 1. The summed E-state index contributed by atoms with van der Waals surface area (Å²) in [5.41, 5.74) is 1.78. The van der Waals surface area contributed by atoms with Crippen LogP contribution in [0.3, 0.4) is 0 Å². The monoisotopic (exact) mass is 471 g/mol. The molecule has 1 saturated heterocycles. The number of hydrogen-bond donors (Lipinski definition) is 2. The number of thiophene rings is 1. The first-order valence-electron chi connectivity index (χ1n) is 6.81. The Balaban J connectivity index is 1.83. The van der Waals surface area contributed by atoms with Gasteiger partial charge in [0.25, 0.3) is 11.8 Å². The van der Waals surface area contributed by atoms with E-state index in [1.54, 1.807) is 37.3 Å². The summed E-state index contributed by atoms with van der Waals surface area (Å²) >= 11 is 7.79. The lowest BCUT2D eigenvalue weighted by molar-refractivity contribution is -0.132. The van der Waals surface area contributed by atoms with E-state index in [-0.39, 0.29) is 0 Å². The first-order valence-corrected chi connectivity index (χ1v) is 9.21. The number of urea groups is 1. The van der Waals surface area contributed by atoms with Gasteiger partial charge in [-0.2, -0.15) is 5.01 Å². The molecule has 2 N–H and O–H groups in total. The highest BCUT2D eigenvalue weighted by Crippen LogP contribution is 2.33. The molecule has 0 saturated carbocycles. The molecule has 0 bridgehead atoms. The minimum absolute atomic E-state index is 0.364. The van der Waals surface area contributed by atoms with E-state index in [2.05, 4.69) is 42.6 Å². The Labute approximate surface area is 158 Å². The Kier molecular flexibility index (Phi) is 4.50. The summed E-state index contributed by atoms with van der Waals surface area (Å²) in [5.74, 6) is -1.08. The number of rotatable bonds is 3. The second-order valence-corrected chi connectivity index (χ2v) is 8.46. The first-order chi connectivity index (χ1) is 11.3. The minimum Gasteiger partial charge on any atom is -0.318 e. The van der Waals surface area contributed by atoms with E-state index in [9.17, 15) is 14.4 Å². The van der Waals surface area contributed by atoms with Crippen molar-refractivity contribution in [2.24, 2.45) is 0 Å². The van der Waals surface area contributed by atoms with Gasteiger partial charge in [0.2, 0.25) is 0 Å². The van der Waals surface area contributed by atoms with Crippen LogP contribution < -0.4 is 10.7 Å². The quantitative estimate of drug-likeness (QED) is 0.672. The fourth-order valence-electron chi connectivity index (χ4n) is 2.32. The lowest BCUT2D eigenvalue weighted by atomic mass is 9.92. The zero-order chi connectivity index (χ0) is 17.5. The van der Waals surface area contributed by atoms with E-state index in [0.717, 1.165) is 13.3 Å². The molecule has 1 unspecified atom stereocenters. The predicted molar refractivity (Wildman–Crippen MR) is 96.4 cm³/mol. The SMILES string of the molecule is CC1(c2ccccc2)NC(=O)N(NC(=O)c2cc(Br)c(Br)s2)C1=O. The second-order valence-electron chi connectivity index (χ2n) is 5.23. The average Bonchev–Trinajstić information content (AvgIpc) is 3.01. The highest BCUT2D eigenvalue weighted by atomic mass is 79.9. The summed E-state index contributed by atoms with van der Waals surface area (Å²) in [7, 11) is 0. The fourth-order valence-corrected chi connectivity index (χ4v) is 4.25. The number of carbonyl (C=O) groups excluding carboxylic acids is 3. The Hall–Kier alpha value is -1.71. The van der Waals surface area contributed by atoms with E-state index in [0.29, 0.717) is 10.4 Å². The molecule has 124 valence electrons. The molecule has 0 spiro atoms. The lowest BCUT2D eigenvalue weighted by Crippen LogP contribution is -2.47. The van der Waals surface area contributed by atoms with Gasteiger partial charge in [0.05, 0.1) is 8.66 Å². The van der Waals surface area contributed by atoms with Gasteiger partial charge in [0.1, 0.15) is 5.54 Å². The number of halogens is 2. The number of hydrazine groups is 1. The zero-order valence-corrected chi connectivity index (χ0v) is 16.3. The van der Waals surface area contributed by atoms with Gasteiger partial charge in [-0.05, 0) is 50.4 Å². The third-order valence-electron chi connectivity index (χ3n) is 3.62. The molecule has 1 aliphatic heterocycles. The van der Waals surface area contributed by atoms with Gasteiger partial charge in [0, 0.05) is 4.47 Å². The molecule has 24 heavy (non-hydrogen) atoms. The van der Waals surface area contributed by atoms with Crippen LogP contribution in [0.2, 0.25) is 0 Å². The topological polar surface area (TPSA) is 78.5 Å². The molecule has 3 rings (SSSR count). The van der Waals surface area contributed by atoms with E-state index in [1.807, 2.05) is 6.07 Å². The second kappa shape index (κ2) is 6.30. The maximum absolute atomic E-state index is 12.7. The molecule has 1 aromatic heterocycles. The predicted octanol–water partition coefficient (Wildman–Crippen LogP) is 3.39. The molecule has 9 heteroatoms. The van der Waals surface area contributed by atoms with Crippen LogP contribution in [0, 0.1) is 0 Å². The average molecular weight is 473 g/mol. The van der Waals surface area contributed by atoms with Gasteiger partial charge in [-0.3, -0.25) is 15.0 Å². The van der Waals surface area contributed by atoms with Crippen molar-refractivity contribution in [2.75, 3.05) is 0 Å². The minimum atomic E-state index is -1.22. The Morgan fingerprint density at radius 2 is 1.92 bits per heavy atom.